The van der Waals surface area contributed by atoms with Gasteiger partial charge in [0.2, 0.25) is 0 Å². The van der Waals surface area contributed by atoms with Crippen molar-refractivity contribution >= 4 is 12.4 Å². The minimum atomic E-state index is 0.827. The zero-order chi connectivity index (χ0) is 8.85. The van der Waals surface area contributed by atoms with Crippen LogP contribution in [0.3, 0.4) is 0 Å². The molecule has 0 fully saturated rings. The van der Waals surface area contributed by atoms with Gasteiger partial charge < -0.3 is 0 Å². The van der Waals surface area contributed by atoms with E-state index in [1.807, 2.05) is 27.7 Å². The van der Waals surface area contributed by atoms with E-state index in [9.17, 15) is 0 Å². The first-order chi connectivity index (χ1) is 5.13. The molecule has 0 N–H and O–H groups in total. The second-order valence-corrected chi connectivity index (χ2v) is 2.43. The first kappa shape index (κ1) is 10.1. The molecular formula is C9H16N2. The molecule has 0 bridgehead atoms. The van der Waals surface area contributed by atoms with Crippen LogP contribution in [0.4, 0.5) is 0 Å². The molecule has 0 saturated heterocycles. The summed E-state index contributed by atoms with van der Waals surface area (Å²) in [6.45, 7) is 12.3. The SMILES string of the molecule is C=N/C(C)=C(C)\C(C)=N/CC. The Labute approximate surface area is 68.8 Å². The van der Waals surface area contributed by atoms with Crippen LogP contribution in [0.5, 0.6) is 0 Å². The molecule has 0 amide bonds. The molecule has 0 aliphatic heterocycles. The van der Waals surface area contributed by atoms with Gasteiger partial charge in [0.05, 0.1) is 0 Å². The molecule has 0 saturated carbocycles. The fourth-order valence-corrected chi connectivity index (χ4v) is 0.736. The monoisotopic (exact) mass is 152 g/mol. The highest BCUT2D eigenvalue weighted by molar-refractivity contribution is 5.98. The summed E-state index contributed by atoms with van der Waals surface area (Å²) in [4.78, 5) is 8.11. The van der Waals surface area contributed by atoms with E-state index in [0.717, 1.165) is 23.5 Å². The van der Waals surface area contributed by atoms with Crippen LogP contribution in [0.15, 0.2) is 21.3 Å². The van der Waals surface area contributed by atoms with Crippen LogP contribution < -0.4 is 0 Å². The topological polar surface area (TPSA) is 24.7 Å². The van der Waals surface area contributed by atoms with Gasteiger partial charge in [-0.15, -0.1) is 0 Å². The predicted octanol–water partition coefficient (Wildman–Crippen LogP) is 2.46. The zero-order valence-corrected chi connectivity index (χ0v) is 7.81. The molecule has 2 heteroatoms. The summed E-state index contributed by atoms with van der Waals surface area (Å²) >= 11 is 0. The van der Waals surface area contributed by atoms with Crippen LogP contribution in [0, 0.1) is 0 Å². The van der Waals surface area contributed by atoms with Gasteiger partial charge in [-0.1, -0.05) is 0 Å². The average Bonchev–Trinajstić information content (AvgIpc) is 2.02. The summed E-state index contributed by atoms with van der Waals surface area (Å²) in [5.41, 5.74) is 3.14. The molecule has 0 aliphatic carbocycles. The number of rotatable bonds is 3. The number of allylic oxidation sites excluding steroid dienone is 2. The molecule has 62 valence electrons. The first-order valence-electron chi connectivity index (χ1n) is 3.79. The molecule has 0 spiro atoms. The summed E-state index contributed by atoms with van der Waals surface area (Å²) in [6, 6.07) is 0. The standard InChI is InChI=1S/C9H16N2/c1-6-11-9(4)7(2)8(3)10-5/h5-6H2,1-4H3/b8-7-,11-9-. The van der Waals surface area contributed by atoms with E-state index in [4.69, 9.17) is 0 Å². The summed E-state index contributed by atoms with van der Waals surface area (Å²) in [6.07, 6.45) is 0. The van der Waals surface area contributed by atoms with Gasteiger partial charge >= 0.3 is 0 Å². The van der Waals surface area contributed by atoms with E-state index in [-0.39, 0.29) is 0 Å². The van der Waals surface area contributed by atoms with Crippen molar-refractivity contribution in [3.05, 3.63) is 11.3 Å². The maximum absolute atomic E-state index is 4.26. The smallest absolute Gasteiger partial charge is 0.0412 e. The second kappa shape index (κ2) is 4.83. The maximum atomic E-state index is 4.26. The van der Waals surface area contributed by atoms with Crippen molar-refractivity contribution in [2.75, 3.05) is 6.54 Å². The Morgan fingerprint density at radius 3 is 2.18 bits per heavy atom. The van der Waals surface area contributed by atoms with Crippen molar-refractivity contribution in [3.8, 4) is 0 Å². The first-order valence-corrected chi connectivity index (χ1v) is 3.79. The molecule has 0 aliphatic rings. The third-order valence-electron chi connectivity index (χ3n) is 1.72. The molecule has 0 aromatic carbocycles. The summed E-state index contributed by atoms with van der Waals surface area (Å²) in [7, 11) is 0. The van der Waals surface area contributed by atoms with Crippen LogP contribution in [0.2, 0.25) is 0 Å². The molecular weight excluding hydrogens is 136 g/mol. The van der Waals surface area contributed by atoms with Gasteiger partial charge in [0, 0.05) is 18.0 Å². The Hall–Kier alpha value is -0.920. The van der Waals surface area contributed by atoms with Gasteiger partial charge in [-0.05, 0) is 40.0 Å². The lowest BCUT2D eigenvalue weighted by Gasteiger charge is -2.01. The van der Waals surface area contributed by atoms with Crippen molar-refractivity contribution in [3.63, 3.8) is 0 Å². The fourth-order valence-electron chi connectivity index (χ4n) is 0.736. The molecule has 2 nitrogen and oxygen atoms in total. The van der Waals surface area contributed by atoms with Gasteiger partial charge in [-0.2, -0.15) is 0 Å². The number of nitrogens with zero attached hydrogens (tertiary/aromatic N) is 2. The molecule has 0 radical (unpaired) electrons. The zero-order valence-electron chi connectivity index (χ0n) is 7.81. The Bertz CT molecular complexity index is 200. The van der Waals surface area contributed by atoms with Gasteiger partial charge in [-0.25, -0.2) is 0 Å². The predicted molar refractivity (Wildman–Crippen MR) is 51.6 cm³/mol. The lowest BCUT2D eigenvalue weighted by Crippen LogP contribution is -1.96. The summed E-state index contributed by atoms with van der Waals surface area (Å²) in [5, 5.41) is 0. The van der Waals surface area contributed by atoms with Gasteiger partial charge in [0.1, 0.15) is 0 Å². The van der Waals surface area contributed by atoms with Crippen molar-refractivity contribution in [2.45, 2.75) is 27.7 Å². The van der Waals surface area contributed by atoms with Gasteiger partial charge in [-0.3, -0.25) is 9.98 Å². The highest BCUT2D eigenvalue weighted by Gasteiger charge is 1.96. The summed E-state index contributed by atoms with van der Waals surface area (Å²) < 4.78 is 0. The van der Waals surface area contributed by atoms with E-state index >= 15 is 0 Å². The van der Waals surface area contributed by atoms with E-state index in [2.05, 4.69) is 16.7 Å². The van der Waals surface area contributed by atoms with Crippen LogP contribution in [0.1, 0.15) is 27.7 Å². The normalized spacial score (nSPS) is 14.4. The summed E-state index contributed by atoms with van der Waals surface area (Å²) in [5.74, 6) is 0. The van der Waals surface area contributed by atoms with Crippen molar-refractivity contribution in [1.82, 2.24) is 0 Å². The highest BCUT2D eigenvalue weighted by Crippen LogP contribution is 2.05. The number of hydrogen-bond acceptors (Lipinski definition) is 2. The largest absolute Gasteiger partial charge is 0.290 e. The van der Waals surface area contributed by atoms with Crippen LogP contribution >= 0.6 is 0 Å². The van der Waals surface area contributed by atoms with Gasteiger partial charge in [0.25, 0.3) is 0 Å². The molecule has 11 heavy (non-hydrogen) atoms. The molecule has 0 atom stereocenters. The molecule has 0 aromatic heterocycles. The maximum Gasteiger partial charge on any atom is 0.0412 e. The lowest BCUT2D eigenvalue weighted by atomic mass is 10.1. The number of hydrogen-bond donors (Lipinski definition) is 0. The Balaban J connectivity index is 4.59. The molecule has 0 aromatic rings. The quantitative estimate of drug-likeness (QED) is 0.555. The third kappa shape index (κ3) is 3.12. The van der Waals surface area contributed by atoms with Crippen molar-refractivity contribution < 1.29 is 0 Å². The lowest BCUT2D eigenvalue weighted by molar-refractivity contribution is 1.12. The van der Waals surface area contributed by atoms with Crippen LogP contribution in [-0.4, -0.2) is 19.0 Å². The van der Waals surface area contributed by atoms with Crippen LogP contribution in [0.25, 0.3) is 0 Å². The van der Waals surface area contributed by atoms with Crippen LogP contribution in [-0.2, 0) is 0 Å². The molecule has 0 unspecified atom stereocenters. The molecule has 0 heterocycles. The third-order valence-corrected chi connectivity index (χ3v) is 1.72. The average molecular weight is 152 g/mol. The van der Waals surface area contributed by atoms with Crippen molar-refractivity contribution in [2.24, 2.45) is 9.98 Å². The second-order valence-electron chi connectivity index (χ2n) is 2.43. The Kier molecular flexibility index (Phi) is 4.42. The number of aliphatic imine (C=N–C) groups is 2. The Morgan fingerprint density at radius 1 is 1.27 bits per heavy atom. The minimum Gasteiger partial charge on any atom is -0.290 e. The van der Waals surface area contributed by atoms with E-state index in [1.54, 1.807) is 0 Å². The van der Waals surface area contributed by atoms with Crippen molar-refractivity contribution in [1.29, 1.82) is 0 Å². The van der Waals surface area contributed by atoms with E-state index < -0.39 is 0 Å². The fraction of sp³-hybridized carbons (Fsp3) is 0.556. The van der Waals surface area contributed by atoms with Gasteiger partial charge in [0.15, 0.2) is 0 Å². The van der Waals surface area contributed by atoms with E-state index in [1.165, 1.54) is 0 Å². The Morgan fingerprint density at radius 2 is 1.82 bits per heavy atom. The van der Waals surface area contributed by atoms with E-state index in [0.29, 0.717) is 0 Å². The highest BCUT2D eigenvalue weighted by atomic mass is 14.7. The minimum absolute atomic E-state index is 0.827. The molecule has 0 rings (SSSR count).